The lowest BCUT2D eigenvalue weighted by Gasteiger charge is -2.16. The summed E-state index contributed by atoms with van der Waals surface area (Å²) < 4.78 is 6.55. The van der Waals surface area contributed by atoms with Crippen molar-refractivity contribution in [2.24, 2.45) is 0 Å². The fourth-order valence-corrected chi connectivity index (χ4v) is 3.99. The predicted octanol–water partition coefficient (Wildman–Crippen LogP) is 5.89. The summed E-state index contributed by atoms with van der Waals surface area (Å²) in [5, 5.41) is 0. The van der Waals surface area contributed by atoms with Gasteiger partial charge in [0.1, 0.15) is 5.75 Å². The fraction of sp³-hybridized carbons (Fsp3) is 0.273. The van der Waals surface area contributed by atoms with E-state index in [-0.39, 0.29) is 12.0 Å². The quantitative estimate of drug-likeness (QED) is 0.465. The molecular weight excluding hydrogens is 374 g/mol. The molecule has 1 fully saturated rings. The van der Waals surface area contributed by atoms with Crippen LogP contribution in [-0.2, 0) is 4.79 Å². The van der Waals surface area contributed by atoms with Crippen molar-refractivity contribution in [1.29, 1.82) is 0 Å². The van der Waals surface area contributed by atoms with Gasteiger partial charge in [0.05, 0.1) is 16.7 Å². The number of carbonyl (C=O) groups is 1. The molecule has 0 saturated carbocycles. The second-order valence-electron chi connectivity index (χ2n) is 6.66. The Labute approximate surface area is 170 Å². The van der Waals surface area contributed by atoms with Crippen LogP contribution in [0.5, 0.6) is 5.75 Å². The molecule has 0 N–H and O–H groups in total. The summed E-state index contributed by atoms with van der Waals surface area (Å²) in [5.74, 6) is 0.690. The first-order chi connectivity index (χ1) is 12.9. The summed E-state index contributed by atoms with van der Waals surface area (Å²) in [6.45, 7) is 8.21. The fourth-order valence-electron chi connectivity index (χ4n) is 2.70. The lowest BCUT2D eigenvalue weighted by atomic mass is 10.1. The number of hydrogen-bond donors (Lipinski definition) is 0. The maximum atomic E-state index is 13.0. The Kier molecular flexibility index (Phi) is 6.02. The van der Waals surface area contributed by atoms with Gasteiger partial charge in [0, 0.05) is 5.56 Å². The maximum Gasteiger partial charge on any atom is 0.270 e. The van der Waals surface area contributed by atoms with Crippen LogP contribution in [0.2, 0.25) is 0 Å². The van der Waals surface area contributed by atoms with Gasteiger partial charge in [0.15, 0.2) is 4.32 Å². The number of benzene rings is 2. The third-order valence-corrected chi connectivity index (χ3v) is 5.95. The SMILES string of the molecule is CC[C@@H](C)Oc1ccccc1/C=C1/SC(=S)N(c2ccc(C)c(C)c2)C1=O. The number of nitrogens with zero attached hydrogens (tertiary/aromatic N) is 1. The molecule has 0 unspecified atom stereocenters. The van der Waals surface area contributed by atoms with Gasteiger partial charge in [0.2, 0.25) is 0 Å². The van der Waals surface area contributed by atoms with Crippen molar-refractivity contribution >= 4 is 46.0 Å². The van der Waals surface area contributed by atoms with Gasteiger partial charge in [-0.05, 0) is 62.6 Å². The molecule has 0 spiro atoms. The molecule has 2 aromatic rings. The number of aryl methyl sites for hydroxylation is 2. The van der Waals surface area contributed by atoms with Crippen LogP contribution in [0.4, 0.5) is 5.69 Å². The number of hydrogen-bond acceptors (Lipinski definition) is 4. The average molecular weight is 398 g/mol. The zero-order valence-corrected chi connectivity index (χ0v) is 17.6. The van der Waals surface area contributed by atoms with E-state index in [4.69, 9.17) is 17.0 Å². The molecule has 1 saturated heterocycles. The van der Waals surface area contributed by atoms with Gasteiger partial charge in [-0.15, -0.1) is 0 Å². The summed E-state index contributed by atoms with van der Waals surface area (Å²) >= 11 is 6.81. The van der Waals surface area contributed by atoms with E-state index in [1.54, 1.807) is 4.90 Å². The normalized spacial score (nSPS) is 16.9. The van der Waals surface area contributed by atoms with E-state index in [1.165, 1.54) is 17.3 Å². The van der Waals surface area contributed by atoms with E-state index in [2.05, 4.69) is 13.8 Å². The lowest BCUT2D eigenvalue weighted by molar-refractivity contribution is -0.113. The number of carbonyl (C=O) groups excluding carboxylic acids is 1. The van der Waals surface area contributed by atoms with Crippen LogP contribution in [0.25, 0.3) is 6.08 Å². The van der Waals surface area contributed by atoms with Gasteiger partial charge in [0.25, 0.3) is 5.91 Å². The second-order valence-corrected chi connectivity index (χ2v) is 8.34. The Morgan fingerprint density at radius 3 is 2.63 bits per heavy atom. The predicted molar refractivity (Wildman–Crippen MR) is 118 cm³/mol. The van der Waals surface area contributed by atoms with E-state index in [0.717, 1.165) is 29.0 Å². The largest absolute Gasteiger partial charge is 0.490 e. The van der Waals surface area contributed by atoms with E-state index < -0.39 is 0 Å². The van der Waals surface area contributed by atoms with E-state index in [1.807, 2.05) is 62.4 Å². The van der Waals surface area contributed by atoms with Crippen LogP contribution in [-0.4, -0.2) is 16.3 Å². The van der Waals surface area contributed by atoms with Crippen LogP contribution < -0.4 is 9.64 Å². The van der Waals surface area contributed by atoms with Crippen LogP contribution in [0.15, 0.2) is 47.4 Å². The average Bonchev–Trinajstić information content (AvgIpc) is 2.92. The van der Waals surface area contributed by atoms with Gasteiger partial charge >= 0.3 is 0 Å². The Bertz CT molecular complexity index is 920. The van der Waals surface area contributed by atoms with Crippen LogP contribution in [0, 0.1) is 13.8 Å². The Morgan fingerprint density at radius 1 is 1.19 bits per heavy atom. The highest BCUT2D eigenvalue weighted by Gasteiger charge is 2.33. The Balaban J connectivity index is 1.92. The molecule has 3 rings (SSSR count). The summed E-state index contributed by atoms with van der Waals surface area (Å²) in [4.78, 5) is 15.2. The van der Waals surface area contributed by atoms with Crippen molar-refractivity contribution in [3.05, 3.63) is 64.1 Å². The first-order valence-electron chi connectivity index (χ1n) is 9.01. The third-order valence-electron chi connectivity index (χ3n) is 4.65. The number of thiocarbonyl (C=S) groups is 1. The minimum atomic E-state index is -0.0911. The van der Waals surface area contributed by atoms with Crippen molar-refractivity contribution in [2.45, 2.75) is 40.2 Å². The topological polar surface area (TPSA) is 29.5 Å². The third kappa shape index (κ3) is 4.25. The molecule has 3 nitrogen and oxygen atoms in total. The van der Waals surface area contributed by atoms with E-state index in [9.17, 15) is 4.79 Å². The van der Waals surface area contributed by atoms with Crippen molar-refractivity contribution in [2.75, 3.05) is 4.90 Å². The van der Waals surface area contributed by atoms with Crippen molar-refractivity contribution in [3.63, 3.8) is 0 Å². The van der Waals surface area contributed by atoms with Crippen LogP contribution in [0.1, 0.15) is 37.0 Å². The summed E-state index contributed by atoms with van der Waals surface area (Å²) in [6.07, 6.45) is 2.91. The minimum Gasteiger partial charge on any atom is -0.490 e. The van der Waals surface area contributed by atoms with E-state index >= 15 is 0 Å². The second kappa shape index (κ2) is 8.28. The van der Waals surface area contributed by atoms with Gasteiger partial charge in [-0.2, -0.15) is 0 Å². The molecule has 2 aromatic carbocycles. The van der Waals surface area contributed by atoms with Crippen molar-refractivity contribution in [3.8, 4) is 5.75 Å². The molecule has 0 aliphatic carbocycles. The number of ether oxygens (including phenoxy) is 1. The summed E-state index contributed by atoms with van der Waals surface area (Å²) in [6, 6.07) is 13.7. The molecule has 0 radical (unpaired) electrons. The van der Waals surface area contributed by atoms with Gasteiger partial charge in [-0.25, -0.2) is 0 Å². The highest BCUT2D eigenvalue weighted by Crippen LogP contribution is 2.37. The molecule has 140 valence electrons. The number of anilines is 1. The lowest BCUT2D eigenvalue weighted by Crippen LogP contribution is -2.27. The van der Waals surface area contributed by atoms with Crippen molar-refractivity contribution in [1.82, 2.24) is 0 Å². The zero-order valence-electron chi connectivity index (χ0n) is 16.0. The smallest absolute Gasteiger partial charge is 0.270 e. The number of rotatable bonds is 5. The molecule has 5 heteroatoms. The molecule has 1 aliphatic rings. The molecule has 1 amide bonds. The molecular formula is C22H23NO2S2. The number of amides is 1. The zero-order chi connectivity index (χ0) is 19.6. The number of thioether (sulfide) groups is 1. The molecule has 0 bridgehead atoms. The Hall–Kier alpha value is -2.11. The molecule has 0 aromatic heterocycles. The monoisotopic (exact) mass is 397 g/mol. The minimum absolute atomic E-state index is 0.0911. The van der Waals surface area contributed by atoms with Gasteiger partial charge in [-0.3, -0.25) is 9.69 Å². The Morgan fingerprint density at radius 2 is 1.93 bits per heavy atom. The standard InChI is InChI=1S/C22H23NO2S2/c1-5-16(4)25-19-9-7-6-8-17(19)13-20-21(24)23(22(26)27-20)18-11-10-14(2)15(3)12-18/h6-13,16H,5H2,1-4H3/b20-13+/t16-/m1/s1. The number of para-hydroxylation sites is 1. The molecule has 1 aliphatic heterocycles. The van der Waals surface area contributed by atoms with Gasteiger partial charge < -0.3 is 4.74 Å². The summed E-state index contributed by atoms with van der Waals surface area (Å²) in [5.41, 5.74) is 4.03. The van der Waals surface area contributed by atoms with Crippen molar-refractivity contribution < 1.29 is 9.53 Å². The highest BCUT2D eigenvalue weighted by molar-refractivity contribution is 8.27. The van der Waals surface area contributed by atoms with Gasteiger partial charge in [-0.1, -0.05) is 55.2 Å². The molecule has 1 heterocycles. The summed E-state index contributed by atoms with van der Waals surface area (Å²) in [7, 11) is 0. The molecule has 27 heavy (non-hydrogen) atoms. The maximum absolute atomic E-state index is 13.0. The highest BCUT2D eigenvalue weighted by atomic mass is 32.2. The van der Waals surface area contributed by atoms with Crippen LogP contribution >= 0.6 is 24.0 Å². The van der Waals surface area contributed by atoms with E-state index in [0.29, 0.717) is 9.23 Å². The van der Waals surface area contributed by atoms with Crippen LogP contribution in [0.3, 0.4) is 0 Å². The molecule has 1 atom stereocenters. The first kappa shape index (κ1) is 19.6. The first-order valence-corrected chi connectivity index (χ1v) is 10.2.